The van der Waals surface area contributed by atoms with Crippen LogP contribution in [0, 0.1) is 0 Å². The molecular formula is C19H33NO7. The minimum Gasteiger partial charge on any atom is -0.469 e. The smallest absolute Gasteiger partial charge is 0.420 e. The van der Waals surface area contributed by atoms with E-state index in [0.29, 0.717) is 30.6 Å². The van der Waals surface area contributed by atoms with E-state index in [1.54, 1.807) is 41.5 Å². The Hall–Kier alpha value is -2.12. The molecule has 0 atom stereocenters. The quantitative estimate of drug-likeness (QED) is 0.354. The maximum absolute atomic E-state index is 12.3. The summed E-state index contributed by atoms with van der Waals surface area (Å²) in [5.74, 6) is -0.577. The molecule has 0 aromatic rings. The molecule has 0 aliphatic carbocycles. The number of carbonyl (C=O) groups excluding carboxylic acids is 4. The number of hydrogen-bond donors (Lipinski definition) is 0. The Morgan fingerprint density at radius 1 is 0.741 bits per heavy atom. The van der Waals surface area contributed by atoms with Crippen molar-refractivity contribution in [2.45, 2.75) is 84.8 Å². The molecule has 0 spiro atoms. The third-order valence-electron chi connectivity index (χ3n) is 3.13. The van der Waals surface area contributed by atoms with Crippen molar-refractivity contribution in [3.05, 3.63) is 0 Å². The van der Waals surface area contributed by atoms with Gasteiger partial charge in [-0.3, -0.25) is 9.59 Å². The number of esters is 1. The number of unbranched alkanes of at least 4 members (excludes halogenated alkanes) is 2. The Labute approximate surface area is 161 Å². The van der Waals surface area contributed by atoms with E-state index in [1.807, 2.05) is 0 Å². The molecule has 0 aromatic heterocycles. The third kappa shape index (κ3) is 12.8. The molecule has 0 saturated heterocycles. The molecule has 0 N–H and O–H groups in total. The summed E-state index contributed by atoms with van der Waals surface area (Å²) in [5.41, 5.74) is -1.62. The van der Waals surface area contributed by atoms with Crippen LogP contribution in [0.2, 0.25) is 0 Å². The first-order valence-electron chi connectivity index (χ1n) is 9.07. The van der Waals surface area contributed by atoms with E-state index in [2.05, 4.69) is 4.74 Å². The highest BCUT2D eigenvalue weighted by atomic mass is 16.6. The van der Waals surface area contributed by atoms with Crippen LogP contribution in [-0.2, 0) is 23.8 Å². The molecule has 0 rings (SSSR count). The van der Waals surface area contributed by atoms with Crippen LogP contribution in [0.3, 0.4) is 0 Å². The molecule has 0 fully saturated rings. The van der Waals surface area contributed by atoms with Crippen LogP contribution in [0.15, 0.2) is 0 Å². The van der Waals surface area contributed by atoms with Crippen LogP contribution >= 0.6 is 0 Å². The van der Waals surface area contributed by atoms with E-state index in [4.69, 9.17) is 9.47 Å². The van der Waals surface area contributed by atoms with Crippen LogP contribution in [-0.4, -0.2) is 53.7 Å². The summed E-state index contributed by atoms with van der Waals surface area (Å²) in [6, 6.07) is 0. The number of imide groups is 1. The minimum absolute atomic E-state index is 0.184. The molecule has 0 heterocycles. The number of carbonyl (C=O) groups is 4. The fourth-order valence-electron chi connectivity index (χ4n) is 1.96. The van der Waals surface area contributed by atoms with E-state index in [0.717, 1.165) is 0 Å². The van der Waals surface area contributed by atoms with Gasteiger partial charge in [0.15, 0.2) is 5.78 Å². The van der Waals surface area contributed by atoms with Gasteiger partial charge in [-0.1, -0.05) is 6.42 Å². The molecule has 0 unspecified atom stereocenters. The van der Waals surface area contributed by atoms with Gasteiger partial charge in [0.05, 0.1) is 13.7 Å². The van der Waals surface area contributed by atoms with Gasteiger partial charge in [-0.2, -0.15) is 0 Å². The summed E-state index contributed by atoms with van der Waals surface area (Å²) in [7, 11) is 1.33. The second kappa shape index (κ2) is 10.9. The van der Waals surface area contributed by atoms with Gasteiger partial charge in [0.2, 0.25) is 0 Å². The summed E-state index contributed by atoms with van der Waals surface area (Å²) in [6.07, 6.45) is 0.468. The number of methoxy groups -OCH3 is 1. The van der Waals surface area contributed by atoms with Crippen LogP contribution in [0.5, 0.6) is 0 Å². The Morgan fingerprint density at radius 2 is 1.19 bits per heavy atom. The summed E-state index contributed by atoms with van der Waals surface area (Å²) in [4.78, 5) is 48.5. The van der Waals surface area contributed by atoms with Crippen molar-refractivity contribution in [1.29, 1.82) is 0 Å². The molecule has 27 heavy (non-hydrogen) atoms. The molecule has 8 nitrogen and oxygen atoms in total. The largest absolute Gasteiger partial charge is 0.469 e. The number of amides is 2. The van der Waals surface area contributed by atoms with E-state index < -0.39 is 29.9 Å². The number of rotatable bonds is 8. The zero-order chi connectivity index (χ0) is 21.3. The predicted octanol–water partition coefficient (Wildman–Crippen LogP) is 3.85. The first-order valence-corrected chi connectivity index (χ1v) is 9.07. The van der Waals surface area contributed by atoms with E-state index in [1.165, 1.54) is 7.11 Å². The molecule has 0 aliphatic rings. The van der Waals surface area contributed by atoms with Crippen molar-refractivity contribution in [1.82, 2.24) is 4.90 Å². The van der Waals surface area contributed by atoms with Gasteiger partial charge in [0.1, 0.15) is 11.2 Å². The predicted molar refractivity (Wildman–Crippen MR) is 99.3 cm³/mol. The second-order valence-corrected chi connectivity index (χ2v) is 8.22. The number of nitrogens with zero attached hydrogens (tertiary/aromatic N) is 1. The molecule has 0 saturated carbocycles. The summed E-state index contributed by atoms with van der Waals surface area (Å²) in [5, 5.41) is 0. The average molecular weight is 387 g/mol. The highest BCUT2D eigenvalue weighted by Crippen LogP contribution is 2.15. The Kier molecular flexibility index (Phi) is 10.0. The normalized spacial score (nSPS) is 11.5. The lowest BCUT2D eigenvalue weighted by atomic mass is 10.1. The van der Waals surface area contributed by atoms with Crippen LogP contribution in [0.25, 0.3) is 0 Å². The highest BCUT2D eigenvalue weighted by Gasteiger charge is 2.32. The Balaban J connectivity index is 4.74. The molecule has 156 valence electrons. The number of ketones is 1. The molecule has 0 radical (unpaired) electrons. The van der Waals surface area contributed by atoms with Gasteiger partial charge < -0.3 is 14.2 Å². The third-order valence-corrected chi connectivity index (χ3v) is 3.13. The fourth-order valence-corrected chi connectivity index (χ4v) is 1.96. The van der Waals surface area contributed by atoms with Crippen molar-refractivity contribution < 1.29 is 33.4 Å². The number of Topliss-reactive ketones (excluding diaryl/α,β-unsaturated/α-hetero) is 1. The van der Waals surface area contributed by atoms with Crippen molar-refractivity contribution in [3.63, 3.8) is 0 Å². The zero-order valence-electron chi connectivity index (χ0n) is 17.5. The fraction of sp³-hybridized carbons (Fsp3) is 0.789. The number of ether oxygens (including phenoxy) is 3. The SMILES string of the molecule is COC(=O)CCCCCC(=O)CN(C(=O)OC(C)(C)C)C(=O)OC(C)(C)C. The monoisotopic (exact) mass is 387 g/mol. The molecule has 0 aromatic carbocycles. The Bertz CT molecular complexity index is 501. The lowest BCUT2D eigenvalue weighted by Gasteiger charge is -2.28. The van der Waals surface area contributed by atoms with E-state index >= 15 is 0 Å². The van der Waals surface area contributed by atoms with Gasteiger partial charge in [-0.05, 0) is 54.4 Å². The molecule has 8 heteroatoms. The van der Waals surface area contributed by atoms with Crippen molar-refractivity contribution in [2.24, 2.45) is 0 Å². The Morgan fingerprint density at radius 3 is 1.59 bits per heavy atom. The van der Waals surface area contributed by atoms with E-state index in [-0.39, 0.29) is 18.2 Å². The van der Waals surface area contributed by atoms with Gasteiger partial charge >= 0.3 is 18.2 Å². The van der Waals surface area contributed by atoms with Crippen LogP contribution in [0.1, 0.15) is 73.6 Å². The average Bonchev–Trinajstić information content (AvgIpc) is 2.48. The van der Waals surface area contributed by atoms with Crippen molar-refractivity contribution in [2.75, 3.05) is 13.7 Å². The maximum Gasteiger partial charge on any atom is 0.420 e. The van der Waals surface area contributed by atoms with Gasteiger partial charge in [0.25, 0.3) is 0 Å². The molecular weight excluding hydrogens is 354 g/mol. The van der Waals surface area contributed by atoms with Crippen molar-refractivity contribution in [3.8, 4) is 0 Å². The summed E-state index contributed by atoms with van der Waals surface area (Å²) < 4.78 is 14.9. The number of hydrogen-bond acceptors (Lipinski definition) is 7. The standard InChI is InChI=1S/C19H33NO7/c1-18(2,3)26-16(23)20(17(24)27-19(4,5)6)13-14(21)11-9-8-10-12-15(22)25-7/h8-13H2,1-7H3. The maximum atomic E-state index is 12.3. The lowest BCUT2D eigenvalue weighted by molar-refractivity contribution is -0.140. The van der Waals surface area contributed by atoms with Crippen molar-refractivity contribution >= 4 is 23.9 Å². The minimum atomic E-state index is -0.921. The van der Waals surface area contributed by atoms with Gasteiger partial charge in [0, 0.05) is 12.8 Å². The zero-order valence-corrected chi connectivity index (χ0v) is 17.5. The summed E-state index contributed by atoms with van der Waals surface area (Å²) in [6.45, 7) is 9.59. The van der Waals surface area contributed by atoms with Crippen LogP contribution in [0.4, 0.5) is 9.59 Å². The van der Waals surface area contributed by atoms with E-state index in [9.17, 15) is 19.2 Å². The van der Waals surface area contributed by atoms with Gasteiger partial charge in [-0.15, -0.1) is 0 Å². The van der Waals surface area contributed by atoms with Crippen LogP contribution < -0.4 is 0 Å². The molecule has 2 amide bonds. The topological polar surface area (TPSA) is 99.2 Å². The molecule has 0 aliphatic heterocycles. The lowest BCUT2D eigenvalue weighted by Crippen LogP contribution is -2.45. The highest BCUT2D eigenvalue weighted by molar-refractivity contribution is 5.94. The second-order valence-electron chi connectivity index (χ2n) is 8.22. The first kappa shape index (κ1) is 24.9. The first-order chi connectivity index (χ1) is 12.2. The summed E-state index contributed by atoms with van der Waals surface area (Å²) >= 11 is 0. The molecule has 0 bridgehead atoms. The van der Waals surface area contributed by atoms with Gasteiger partial charge in [-0.25, -0.2) is 14.5 Å².